The summed E-state index contributed by atoms with van der Waals surface area (Å²) >= 11 is 0. The van der Waals surface area contributed by atoms with Crippen LogP contribution in [0.3, 0.4) is 0 Å². The molecule has 140 valence electrons. The van der Waals surface area contributed by atoms with Crippen molar-refractivity contribution in [2.45, 2.75) is 19.4 Å². The molecule has 1 fully saturated rings. The molecule has 2 heterocycles. The molecule has 0 spiro atoms. The minimum atomic E-state index is -0.728. The van der Waals surface area contributed by atoms with E-state index in [2.05, 4.69) is 27.4 Å². The molecule has 3 rings (SSSR count). The minimum Gasteiger partial charge on any atom is -0.497 e. The number of nitrogens with one attached hydrogen (secondary N) is 2. The second kappa shape index (κ2) is 8.18. The van der Waals surface area contributed by atoms with Gasteiger partial charge in [0, 0.05) is 37.9 Å². The van der Waals surface area contributed by atoms with E-state index >= 15 is 0 Å². The van der Waals surface area contributed by atoms with E-state index in [4.69, 9.17) is 4.74 Å². The Kier molecular flexibility index (Phi) is 5.72. The van der Waals surface area contributed by atoms with Gasteiger partial charge in [-0.05, 0) is 18.7 Å². The number of benzene rings is 1. The molecule has 2 aliphatic rings. The Hall–Kier alpha value is -2.61. The lowest BCUT2D eigenvalue weighted by Gasteiger charge is -2.37. The molecule has 0 saturated carbocycles. The Bertz CT molecular complexity index is 698. The molecule has 1 aromatic carbocycles. The maximum Gasteiger partial charge on any atom is 0.249 e. The largest absolute Gasteiger partial charge is 0.497 e. The van der Waals surface area contributed by atoms with Gasteiger partial charge in [-0.2, -0.15) is 0 Å². The second-order valence-electron chi connectivity index (χ2n) is 6.36. The number of methoxy groups -OCH3 is 1. The topological polar surface area (TPSA) is 86.3 Å². The van der Waals surface area contributed by atoms with Crippen LogP contribution in [0.25, 0.3) is 0 Å². The van der Waals surface area contributed by atoms with Gasteiger partial charge in [0.1, 0.15) is 11.8 Å². The monoisotopic (exact) mass is 359 g/mol. The van der Waals surface area contributed by atoms with Crippen molar-refractivity contribution in [1.82, 2.24) is 15.1 Å². The van der Waals surface area contributed by atoms with Crippen LogP contribution in [-0.4, -0.2) is 73.4 Å². The maximum absolute atomic E-state index is 12.6. The number of hydrogen-bond donors (Lipinski definition) is 2. The summed E-state index contributed by atoms with van der Waals surface area (Å²) in [5.41, 5.74) is 0.619. The molecule has 0 aliphatic carbocycles. The van der Waals surface area contributed by atoms with Crippen molar-refractivity contribution in [3.8, 4) is 5.75 Å². The molecule has 2 aliphatic heterocycles. The molecule has 1 saturated heterocycles. The third-order valence-electron chi connectivity index (χ3n) is 4.67. The van der Waals surface area contributed by atoms with Gasteiger partial charge in [0.25, 0.3) is 0 Å². The molecule has 1 aromatic rings. The van der Waals surface area contributed by atoms with Gasteiger partial charge in [0.2, 0.25) is 17.8 Å². The van der Waals surface area contributed by atoms with Gasteiger partial charge in [0.15, 0.2) is 0 Å². The molecule has 8 heteroatoms. The highest BCUT2D eigenvalue weighted by Gasteiger charge is 2.30. The highest BCUT2D eigenvalue weighted by molar-refractivity contribution is 6.06. The number of hydrogen-bond acceptors (Lipinski definition) is 6. The minimum absolute atomic E-state index is 0.0498. The number of aliphatic imine (C=N–C) groups is 1. The van der Waals surface area contributed by atoms with Crippen molar-refractivity contribution in [3.05, 3.63) is 24.3 Å². The summed E-state index contributed by atoms with van der Waals surface area (Å²) in [6.07, 6.45) is 0.0498. The SMILES string of the molecule is CCN1CCN(C2=N[C@H](C(=O)Nc3cccc(OC)c3)CC(=O)N2)CC1. The predicted molar refractivity (Wildman–Crippen MR) is 99.3 cm³/mol. The summed E-state index contributed by atoms with van der Waals surface area (Å²) in [6.45, 7) is 6.57. The van der Waals surface area contributed by atoms with Gasteiger partial charge in [-0.25, -0.2) is 4.99 Å². The van der Waals surface area contributed by atoms with Crippen molar-refractivity contribution < 1.29 is 14.3 Å². The van der Waals surface area contributed by atoms with Crippen molar-refractivity contribution in [2.75, 3.05) is 45.2 Å². The third kappa shape index (κ3) is 4.32. The van der Waals surface area contributed by atoms with Gasteiger partial charge in [-0.1, -0.05) is 13.0 Å². The van der Waals surface area contributed by atoms with Crippen LogP contribution < -0.4 is 15.4 Å². The van der Waals surface area contributed by atoms with Crippen LogP contribution in [0, 0.1) is 0 Å². The molecule has 2 N–H and O–H groups in total. The zero-order valence-corrected chi connectivity index (χ0v) is 15.2. The van der Waals surface area contributed by atoms with Crippen LogP contribution in [-0.2, 0) is 9.59 Å². The number of piperazine rings is 1. The Morgan fingerprint density at radius 2 is 2.12 bits per heavy atom. The highest BCUT2D eigenvalue weighted by Crippen LogP contribution is 2.18. The standard InChI is InChI=1S/C18H25N5O3/c1-3-22-7-9-23(10-8-22)18-20-15(12-16(24)21-18)17(25)19-13-5-4-6-14(11-13)26-2/h4-6,11,15H,3,7-10,12H2,1-2H3,(H,19,25)(H,20,21,24)/t15-/m0/s1. The van der Waals surface area contributed by atoms with Crippen molar-refractivity contribution in [3.63, 3.8) is 0 Å². The van der Waals surface area contributed by atoms with Gasteiger partial charge in [-0.15, -0.1) is 0 Å². The summed E-state index contributed by atoms with van der Waals surface area (Å²) < 4.78 is 5.16. The van der Waals surface area contributed by atoms with Crippen LogP contribution in [0.1, 0.15) is 13.3 Å². The van der Waals surface area contributed by atoms with E-state index in [1.165, 1.54) is 0 Å². The molecule has 26 heavy (non-hydrogen) atoms. The molecule has 0 bridgehead atoms. The molecular weight excluding hydrogens is 334 g/mol. The van der Waals surface area contributed by atoms with Gasteiger partial charge in [0.05, 0.1) is 13.5 Å². The Morgan fingerprint density at radius 3 is 2.81 bits per heavy atom. The zero-order chi connectivity index (χ0) is 18.5. The average Bonchev–Trinajstić information content (AvgIpc) is 2.67. The first-order valence-corrected chi connectivity index (χ1v) is 8.89. The highest BCUT2D eigenvalue weighted by atomic mass is 16.5. The van der Waals surface area contributed by atoms with Crippen LogP contribution in [0.5, 0.6) is 5.75 Å². The summed E-state index contributed by atoms with van der Waals surface area (Å²) in [5, 5.41) is 5.62. The number of carbonyl (C=O) groups excluding carboxylic acids is 2. The van der Waals surface area contributed by atoms with Crippen LogP contribution in [0.15, 0.2) is 29.3 Å². The van der Waals surface area contributed by atoms with Crippen LogP contribution >= 0.6 is 0 Å². The first-order valence-electron chi connectivity index (χ1n) is 8.89. The van der Waals surface area contributed by atoms with Gasteiger partial charge in [-0.3, -0.25) is 14.9 Å². The number of likely N-dealkylation sites (N-methyl/N-ethyl adjacent to an activating group) is 1. The van der Waals surface area contributed by atoms with Crippen molar-refractivity contribution >= 4 is 23.5 Å². The van der Waals surface area contributed by atoms with E-state index < -0.39 is 6.04 Å². The van der Waals surface area contributed by atoms with Crippen molar-refractivity contribution in [1.29, 1.82) is 0 Å². The maximum atomic E-state index is 12.6. The lowest BCUT2D eigenvalue weighted by Crippen LogP contribution is -2.56. The third-order valence-corrected chi connectivity index (χ3v) is 4.67. The Balaban J connectivity index is 1.68. The fourth-order valence-corrected chi connectivity index (χ4v) is 3.09. The second-order valence-corrected chi connectivity index (χ2v) is 6.36. The zero-order valence-electron chi connectivity index (χ0n) is 15.2. The number of anilines is 1. The fourth-order valence-electron chi connectivity index (χ4n) is 3.09. The summed E-state index contributed by atoms with van der Waals surface area (Å²) in [7, 11) is 1.57. The van der Waals surface area contributed by atoms with Crippen LogP contribution in [0.4, 0.5) is 5.69 Å². The number of ether oxygens (including phenoxy) is 1. The normalized spacial score (nSPS) is 21.0. The van der Waals surface area contributed by atoms with E-state index in [1.54, 1.807) is 31.4 Å². The lowest BCUT2D eigenvalue weighted by atomic mass is 10.1. The molecule has 0 aromatic heterocycles. The van der Waals surface area contributed by atoms with Crippen LogP contribution in [0.2, 0.25) is 0 Å². The van der Waals surface area contributed by atoms with E-state index in [-0.39, 0.29) is 18.2 Å². The first kappa shape index (κ1) is 18.2. The van der Waals surface area contributed by atoms with E-state index in [0.717, 1.165) is 32.7 Å². The summed E-state index contributed by atoms with van der Waals surface area (Å²) in [6, 6.07) is 6.38. The van der Waals surface area contributed by atoms with Gasteiger partial charge < -0.3 is 19.9 Å². The molecule has 2 amide bonds. The lowest BCUT2D eigenvalue weighted by molar-refractivity contribution is -0.125. The average molecular weight is 359 g/mol. The fraction of sp³-hybridized carbons (Fsp3) is 0.500. The summed E-state index contributed by atoms with van der Waals surface area (Å²) in [5.74, 6) is 0.682. The van der Waals surface area contributed by atoms with Crippen molar-refractivity contribution in [2.24, 2.45) is 4.99 Å². The summed E-state index contributed by atoms with van der Waals surface area (Å²) in [4.78, 5) is 33.5. The van der Waals surface area contributed by atoms with Gasteiger partial charge >= 0.3 is 0 Å². The van der Waals surface area contributed by atoms with E-state index in [1.807, 2.05) is 4.90 Å². The van der Waals surface area contributed by atoms with E-state index in [9.17, 15) is 9.59 Å². The molecular formula is C18H25N5O3. The number of amides is 2. The smallest absolute Gasteiger partial charge is 0.249 e. The predicted octanol–water partition coefficient (Wildman–Crippen LogP) is 0.516. The molecule has 0 radical (unpaired) electrons. The molecule has 1 atom stereocenters. The number of rotatable bonds is 4. The number of guanidine groups is 1. The quantitative estimate of drug-likeness (QED) is 0.818. The molecule has 8 nitrogen and oxygen atoms in total. The number of nitrogens with zero attached hydrogens (tertiary/aromatic N) is 3. The van der Waals surface area contributed by atoms with E-state index in [0.29, 0.717) is 17.4 Å². The molecule has 0 unspecified atom stereocenters. The number of carbonyl (C=O) groups is 2. The Labute approximate surface area is 153 Å². The first-order chi connectivity index (χ1) is 12.6. The Morgan fingerprint density at radius 1 is 1.35 bits per heavy atom.